The van der Waals surface area contributed by atoms with Crippen molar-refractivity contribution >= 4 is 16.6 Å². The molecule has 3 aromatic rings. The molecule has 1 aromatic heterocycles. The van der Waals surface area contributed by atoms with Crippen LogP contribution in [0.5, 0.6) is 0 Å². The second-order valence-corrected chi connectivity index (χ2v) is 5.52. The molecule has 2 heterocycles. The molecule has 0 saturated carbocycles. The van der Waals surface area contributed by atoms with Crippen molar-refractivity contribution in [3.05, 3.63) is 71.4 Å². The minimum absolute atomic E-state index is 0.0939. The van der Waals surface area contributed by atoms with E-state index in [2.05, 4.69) is 22.0 Å². The van der Waals surface area contributed by atoms with Gasteiger partial charge in [-0.1, -0.05) is 24.3 Å². The van der Waals surface area contributed by atoms with E-state index in [9.17, 15) is 8.78 Å². The van der Waals surface area contributed by atoms with E-state index in [0.717, 1.165) is 19.0 Å². The monoisotopic (exact) mass is 296 g/mol. The van der Waals surface area contributed by atoms with Crippen LogP contribution in [0, 0.1) is 11.6 Å². The minimum Gasteiger partial charge on any atom is -0.366 e. The first-order valence-corrected chi connectivity index (χ1v) is 7.28. The van der Waals surface area contributed by atoms with E-state index in [-0.39, 0.29) is 10.9 Å². The molecule has 0 fully saturated rings. The zero-order valence-electron chi connectivity index (χ0n) is 11.9. The van der Waals surface area contributed by atoms with Crippen molar-refractivity contribution in [2.75, 3.05) is 11.4 Å². The molecule has 22 heavy (non-hydrogen) atoms. The first kappa shape index (κ1) is 13.2. The van der Waals surface area contributed by atoms with Gasteiger partial charge in [-0.2, -0.15) is 0 Å². The standard InChI is InChI=1S/C18H14F2N2/c19-14-5-6-15(20)18-17(14)16(7-9-21-18)22-10-8-12-3-1-2-4-13(12)11-22/h1-7,9H,8,10-11H2. The molecule has 0 aliphatic carbocycles. The minimum atomic E-state index is -0.490. The number of pyridine rings is 1. The number of nitrogens with zero attached hydrogens (tertiary/aromatic N) is 2. The average molecular weight is 296 g/mol. The third-order valence-electron chi connectivity index (χ3n) is 4.24. The number of anilines is 1. The highest BCUT2D eigenvalue weighted by Crippen LogP contribution is 2.32. The van der Waals surface area contributed by atoms with Gasteiger partial charge in [0.1, 0.15) is 17.2 Å². The molecule has 110 valence electrons. The molecule has 2 aromatic carbocycles. The van der Waals surface area contributed by atoms with E-state index in [1.54, 1.807) is 12.3 Å². The number of hydrogen-bond acceptors (Lipinski definition) is 2. The van der Waals surface area contributed by atoms with Crippen LogP contribution in [0.4, 0.5) is 14.5 Å². The maximum Gasteiger partial charge on any atom is 0.149 e. The Labute approximate surface area is 127 Å². The lowest BCUT2D eigenvalue weighted by Gasteiger charge is -2.31. The van der Waals surface area contributed by atoms with Gasteiger partial charge in [0, 0.05) is 19.3 Å². The molecule has 0 atom stereocenters. The van der Waals surface area contributed by atoms with Crippen molar-refractivity contribution in [2.24, 2.45) is 0 Å². The average Bonchev–Trinajstić information content (AvgIpc) is 2.57. The summed E-state index contributed by atoms with van der Waals surface area (Å²) in [5.74, 6) is -0.922. The second kappa shape index (κ2) is 5.05. The maximum atomic E-state index is 14.2. The second-order valence-electron chi connectivity index (χ2n) is 5.52. The fraction of sp³-hybridized carbons (Fsp3) is 0.167. The topological polar surface area (TPSA) is 16.1 Å². The predicted molar refractivity (Wildman–Crippen MR) is 82.9 cm³/mol. The van der Waals surface area contributed by atoms with Gasteiger partial charge in [-0.25, -0.2) is 8.78 Å². The van der Waals surface area contributed by atoms with Gasteiger partial charge >= 0.3 is 0 Å². The molecule has 0 N–H and O–H groups in total. The highest BCUT2D eigenvalue weighted by atomic mass is 19.1. The first-order chi connectivity index (χ1) is 10.7. The smallest absolute Gasteiger partial charge is 0.149 e. The molecule has 0 radical (unpaired) electrons. The van der Waals surface area contributed by atoms with Crippen molar-refractivity contribution in [1.29, 1.82) is 0 Å². The van der Waals surface area contributed by atoms with E-state index in [1.165, 1.54) is 17.2 Å². The quantitative estimate of drug-likeness (QED) is 0.673. The van der Waals surface area contributed by atoms with Gasteiger partial charge in [0.25, 0.3) is 0 Å². The number of fused-ring (bicyclic) bond motifs is 2. The molecule has 0 unspecified atom stereocenters. The molecule has 0 saturated heterocycles. The van der Waals surface area contributed by atoms with Gasteiger partial charge in [-0.05, 0) is 35.7 Å². The summed E-state index contributed by atoms with van der Waals surface area (Å²) in [5, 5.41) is 0.266. The number of rotatable bonds is 1. The Balaban J connectivity index is 1.84. The summed E-state index contributed by atoms with van der Waals surface area (Å²) in [4.78, 5) is 6.09. The molecule has 0 spiro atoms. The summed E-state index contributed by atoms with van der Waals surface area (Å²) >= 11 is 0. The summed E-state index contributed by atoms with van der Waals surface area (Å²) in [6.45, 7) is 1.48. The molecule has 0 bridgehead atoms. The van der Waals surface area contributed by atoms with Crippen molar-refractivity contribution in [1.82, 2.24) is 4.98 Å². The van der Waals surface area contributed by atoms with Crippen molar-refractivity contribution in [3.8, 4) is 0 Å². The lowest BCUT2D eigenvalue weighted by Crippen LogP contribution is -2.30. The van der Waals surface area contributed by atoms with Crippen molar-refractivity contribution < 1.29 is 8.78 Å². The fourth-order valence-electron chi connectivity index (χ4n) is 3.14. The lowest BCUT2D eigenvalue weighted by atomic mass is 9.99. The van der Waals surface area contributed by atoms with Crippen LogP contribution in [0.15, 0.2) is 48.7 Å². The maximum absolute atomic E-state index is 14.2. The first-order valence-electron chi connectivity index (χ1n) is 7.28. The van der Waals surface area contributed by atoms with Crippen LogP contribution in [0.3, 0.4) is 0 Å². The SMILES string of the molecule is Fc1ccc(F)c2c(N3CCc4ccccc4C3)ccnc12. The fourth-order valence-corrected chi connectivity index (χ4v) is 3.14. The van der Waals surface area contributed by atoms with Crippen LogP contribution in [0.1, 0.15) is 11.1 Å². The Bertz CT molecular complexity index is 861. The van der Waals surface area contributed by atoms with Crippen LogP contribution in [-0.4, -0.2) is 11.5 Å². The van der Waals surface area contributed by atoms with Gasteiger partial charge < -0.3 is 4.90 Å². The molecule has 2 nitrogen and oxygen atoms in total. The Morgan fingerprint density at radius 2 is 1.68 bits per heavy atom. The zero-order chi connectivity index (χ0) is 15.1. The van der Waals surface area contributed by atoms with Crippen LogP contribution in [-0.2, 0) is 13.0 Å². The van der Waals surface area contributed by atoms with Gasteiger partial charge in [0.05, 0.1) is 11.1 Å². The van der Waals surface area contributed by atoms with Crippen molar-refractivity contribution in [2.45, 2.75) is 13.0 Å². The molecule has 1 aliphatic rings. The summed E-state index contributed by atoms with van der Waals surface area (Å²) in [6, 6.07) is 12.3. The molecule has 4 heteroatoms. The molecular formula is C18H14F2N2. The Hall–Kier alpha value is -2.49. The van der Waals surface area contributed by atoms with E-state index < -0.39 is 11.6 Å². The number of benzene rings is 2. The van der Waals surface area contributed by atoms with E-state index >= 15 is 0 Å². The Morgan fingerprint density at radius 1 is 0.909 bits per heavy atom. The van der Waals surface area contributed by atoms with Crippen LogP contribution < -0.4 is 4.90 Å². The number of aromatic nitrogens is 1. The van der Waals surface area contributed by atoms with E-state index in [0.29, 0.717) is 12.2 Å². The lowest BCUT2D eigenvalue weighted by molar-refractivity contribution is 0.614. The largest absolute Gasteiger partial charge is 0.366 e. The molecular weight excluding hydrogens is 282 g/mol. The van der Waals surface area contributed by atoms with Crippen LogP contribution >= 0.6 is 0 Å². The number of halogens is 2. The van der Waals surface area contributed by atoms with Gasteiger partial charge in [-0.3, -0.25) is 4.98 Å². The third kappa shape index (κ3) is 2.03. The number of hydrogen-bond donors (Lipinski definition) is 0. The van der Waals surface area contributed by atoms with Crippen LogP contribution in [0.25, 0.3) is 10.9 Å². The molecule has 1 aliphatic heterocycles. The molecule has 4 rings (SSSR count). The van der Waals surface area contributed by atoms with Gasteiger partial charge in [0.2, 0.25) is 0 Å². The third-order valence-corrected chi connectivity index (χ3v) is 4.24. The molecule has 0 amide bonds. The van der Waals surface area contributed by atoms with Gasteiger partial charge in [0.15, 0.2) is 0 Å². The summed E-state index contributed by atoms with van der Waals surface area (Å²) in [5.41, 5.74) is 3.35. The van der Waals surface area contributed by atoms with Crippen molar-refractivity contribution in [3.63, 3.8) is 0 Å². The van der Waals surface area contributed by atoms with E-state index in [1.807, 2.05) is 12.1 Å². The zero-order valence-corrected chi connectivity index (χ0v) is 11.9. The Morgan fingerprint density at radius 3 is 2.55 bits per heavy atom. The summed E-state index contributed by atoms with van der Waals surface area (Å²) < 4.78 is 28.1. The summed E-state index contributed by atoms with van der Waals surface area (Å²) in [7, 11) is 0. The Kier molecular flexibility index (Phi) is 3.03. The van der Waals surface area contributed by atoms with Crippen LogP contribution in [0.2, 0.25) is 0 Å². The van der Waals surface area contributed by atoms with E-state index in [4.69, 9.17) is 0 Å². The highest BCUT2D eigenvalue weighted by Gasteiger charge is 2.20. The normalized spacial score (nSPS) is 14.2. The van der Waals surface area contributed by atoms with Gasteiger partial charge in [-0.15, -0.1) is 0 Å². The predicted octanol–water partition coefficient (Wildman–Crippen LogP) is 4.08. The summed E-state index contributed by atoms with van der Waals surface area (Å²) in [6.07, 6.45) is 2.44. The highest BCUT2D eigenvalue weighted by molar-refractivity contribution is 5.92.